The van der Waals surface area contributed by atoms with Crippen LogP contribution < -0.4 is 29.6 Å². The van der Waals surface area contributed by atoms with E-state index < -0.39 is 19.9 Å². The number of nitro groups is 1. The molecule has 6 nitrogen and oxygen atoms in total. The predicted molar refractivity (Wildman–Crippen MR) is 53.8 cm³/mol. The molecule has 0 aromatic heterocycles. The number of halogens is 1. The summed E-state index contributed by atoms with van der Waals surface area (Å²) in [4.78, 5) is 9.10. The summed E-state index contributed by atoms with van der Waals surface area (Å²) in [5, 5.41) is 10.4. The molecule has 0 heterocycles. The van der Waals surface area contributed by atoms with E-state index in [1.54, 1.807) is 0 Å². The van der Waals surface area contributed by atoms with Crippen LogP contribution in [0.3, 0.4) is 0 Å². The third-order valence-corrected chi connectivity index (χ3v) is 3.79. The Labute approximate surface area is 121 Å². The molecule has 0 fully saturated rings. The number of hydrogen-bond donors (Lipinski definition) is 0. The fourth-order valence-corrected chi connectivity index (χ4v) is 2.77. The Morgan fingerprint density at radius 1 is 1.33 bits per heavy atom. The number of hydrogen-bond acceptors (Lipinski definition) is 5. The SMILES string of the molecule is O=[N+]([O-])c1cccc(S(=O)(=O)[O-])c1I.[Na+]. The summed E-state index contributed by atoms with van der Waals surface area (Å²) in [5.41, 5.74) is -0.387. The van der Waals surface area contributed by atoms with Crippen molar-refractivity contribution in [1.82, 2.24) is 0 Å². The van der Waals surface area contributed by atoms with Crippen LogP contribution in [0.15, 0.2) is 23.1 Å². The first-order valence-corrected chi connectivity index (χ1v) is 5.71. The van der Waals surface area contributed by atoms with Gasteiger partial charge in [0.05, 0.1) is 9.82 Å². The van der Waals surface area contributed by atoms with Gasteiger partial charge in [-0.05, 0) is 28.7 Å². The molecular weight excluding hydrogens is 348 g/mol. The van der Waals surface area contributed by atoms with E-state index in [1.807, 2.05) is 0 Å². The minimum atomic E-state index is -4.65. The van der Waals surface area contributed by atoms with Crippen molar-refractivity contribution in [2.24, 2.45) is 0 Å². The molecule has 1 aromatic carbocycles. The van der Waals surface area contributed by atoms with Gasteiger partial charge in [-0.3, -0.25) is 10.1 Å². The molecule has 0 saturated carbocycles. The van der Waals surface area contributed by atoms with Gasteiger partial charge in [0.25, 0.3) is 5.69 Å². The average Bonchev–Trinajstić information content (AvgIpc) is 2.01. The number of benzene rings is 1. The van der Waals surface area contributed by atoms with Crippen LogP contribution in [0, 0.1) is 13.7 Å². The summed E-state index contributed by atoms with van der Waals surface area (Å²) in [5.74, 6) is 0. The van der Waals surface area contributed by atoms with E-state index in [2.05, 4.69) is 0 Å². The molecule has 0 saturated heterocycles. The van der Waals surface area contributed by atoms with E-state index in [0.29, 0.717) is 0 Å². The van der Waals surface area contributed by atoms with E-state index in [0.717, 1.165) is 18.2 Å². The zero-order valence-electron chi connectivity index (χ0n) is 7.51. The van der Waals surface area contributed by atoms with Crippen molar-refractivity contribution < 1.29 is 47.5 Å². The van der Waals surface area contributed by atoms with Crippen molar-refractivity contribution in [3.63, 3.8) is 0 Å². The van der Waals surface area contributed by atoms with Gasteiger partial charge < -0.3 is 4.55 Å². The minimum Gasteiger partial charge on any atom is -0.744 e. The topological polar surface area (TPSA) is 100 Å². The van der Waals surface area contributed by atoms with E-state index in [9.17, 15) is 23.1 Å². The van der Waals surface area contributed by atoms with Gasteiger partial charge >= 0.3 is 29.6 Å². The maximum absolute atomic E-state index is 10.6. The van der Waals surface area contributed by atoms with Crippen molar-refractivity contribution in [3.05, 3.63) is 31.9 Å². The molecule has 0 aliphatic carbocycles. The molecule has 0 aliphatic heterocycles. The summed E-state index contributed by atoms with van der Waals surface area (Å²) in [6.45, 7) is 0. The standard InChI is InChI=1S/C6H4INO5S.Na/c7-6-4(8(9)10)2-1-3-5(6)14(11,12)13;/h1-3H,(H,11,12,13);/q;+1/p-1. The van der Waals surface area contributed by atoms with Crippen LogP contribution in [0.5, 0.6) is 0 Å². The molecule has 1 rings (SSSR count). The van der Waals surface area contributed by atoms with E-state index in [1.165, 1.54) is 22.6 Å². The fourth-order valence-electron chi connectivity index (χ4n) is 0.833. The molecule has 0 spiro atoms. The molecule has 0 N–H and O–H groups in total. The van der Waals surface area contributed by atoms with E-state index in [-0.39, 0.29) is 38.8 Å². The van der Waals surface area contributed by atoms with Crippen LogP contribution in [0.1, 0.15) is 0 Å². The third kappa shape index (κ3) is 3.64. The summed E-state index contributed by atoms with van der Waals surface area (Å²) in [6.07, 6.45) is 0. The van der Waals surface area contributed by atoms with Gasteiger partial charge in [0.2, 0.25) is 0 Å². The Bertz CT molecular complexity index is 488. The van der Waals surface area contributed by atoms with Crippen LogP contribution in [0.4, 0.5) is 5.69 Å². The summed E-state index contributed by atoms with van der Waals surface area (Å²) in [7, 11) is -4.65. The summed E-state index contributed by atoms with van der Waals surface area (Å²) >= 11 is 1.46. The zero-order chi connectivity index (χ0) is 10.9. The molecule has 1 aromatic rings. The maximum atomic E-state index is 10.6. The van der Waals surface area contributed by atoms with Crippen LogP contribution >= 0.6 is 22.6 Å². The first-order valence-electron chi connectivity index (χ1n) is 3.23. The Kier molecular flexibility index (Phi) is 5.64. The van der Waals surface area contributed by atoms with Crippen LogP contribution in [-0.4, -0.2) is 17.9 Å². The van der Waals surface area contributed by atoms with Crippen LogP contribution in [0.2, 0.25) is 0 Å². The van der Waals surface area contributed by atoms with Crippen molar-refractivity contribution in [2.75, 3.05) is 0 Å². The molecule has 0 radical (unpaired) electrons. The van der Waals surface area contributed by atoms with Crippen LogP contribution in [0.25, 0.3) is 0 Å². The van der Waals surface area contributed by atoms with Gasteiger partial charge in [0, 0.05) is 6.07 Å². The molecular formula is C6H3INNaO5S. The van der Waals surface area contributed by atoms with Crippen molar-refractivity contribution in [2.45, 2.75) is 4.90 Å². The predicted octanol–water partition coefficient (Wildman–Crippen LogP) is -1.89. The molecule has 15 heavy (non-hydrogen) atoms. The van der Waals surface area contributed by atoms with Gasteiger partial charge in [-0.1, -0.05) is 6.07 Å². The second-order valence-electron chi connectivity index (χ2n) is 2.30. The zero-order valence-corrected chi connectivity index (χ0v) is 12.5. The minimum absolute atomic E-state index is 0. The van der Waals surface area contributed by atoms with Crippen molar-refractivity contribution in [1.29, 1.82) is 0 Å². The van der Waals surface area contributed by atoms with Gasteiger partial charge in [-0.25, -0.2) is 8.42 Å². The fraction of sp³-hybridized carbons (Fsp3) is 0. The normalized spacial score (nSPS) is 10.5. The quantitative estimate of drug-likeness (QED) is 0.204. The third-order valence-electron chi connectivity index (χ3n) is 1.41. The number of rotatable bonds is 2. The number of nitrogens with zero attached hydrogens (tertiary/aromatic N) is 1. The van der Waals surface area contributed by atoms with Gasteiger partial charge in [-0.2, -0.15) is 0 Å². The molecule has 0 bridgehead atoms. The smallest absolute Gasteiger partial charge is 0.744 e. The first kappa shape index (κ1) is 15.3. The summed E-state index contributed by atoms with van der Waals surface area (Å²) in [6, 6.07) is 3.33. The Morgan fingerprint density at radius 3 is 2.27 bits per heavy atom. The molecule has 0 unspecified atom stereocenters. The van der Waals surface area contributed by atoms with Crippen molar-refractivity contribution >= 4 is 38.4 Å². The molecule has 76 valence electrons. The Morgan fingerprint density at radius 2 is 1.87 bits per heavy atom. The van der Waals surface area contributed by atoms with Gasteiger partial charge in [-0.15, -0.1) is 0 Å². The molecule has 9 heteroatoms. The monoisotopic (exact) mass is 351 g/mol. The van der Waals surface area contributed by atoms with Crippen LogP contribution in [-0.2, 0) is 10.1 Å². The molecule has 0 amide bonds. The average molecular weight is 351 g/mol. The number of nitro benzene ring substituents is 1. The van der Waals surface area contributed by atoms with E-state index in [4.69, 9.17) is 0 Å². The summed E-state index contributed by atoms with van der Waals surface area (Å²) < 4.78 is 31.8. The van der Waals surface area contributed by atoms with E-state index >= 15 is 0 Å². The molecule has 0 atom stereocenters. The second-order valence-corrected chi connectivity index (χ2v) is 4.73. The first-order chi connectivity index (χ1) is 6.34. The van der Waals surface area contributed by atoms with Crippen molar-refractivity contribution in [3.8, 4) is 0 Å². The maximum Gasteiger partial charge on any atom is 1.00 e. The second kappa shape index (κ2) is 5.55. The largest absolute Gasteiger partial charge is 1.00 e. The molecule has 0 aliphatic rings. The Hall–Kier alpha value is 0.260. The van der Waals surface area contributed by atoms with Gasteiger partial charge in [0.15, 0.2) is 0 Å². The Balaban J connectivity index is 0.00000196. The van der Waals surface area contributed by atoms with Gasteiger partial charge in [0.1, 0.15) is 13.7 Å².